The second-order valence-corrected chi connectivity index (χ2v) is 5.18. The van der Waals surface area contributed by atoms with Gasteiger partial charge in [0.15, 0.2) is 0 Å². The van der Waals surface area contributed by atoms with Crippen molar-refractivity contribution in [3.8, 4) is 11.5 Å². The van der Waals surface area contributed by atoms with E-state index in [0.717, 1.165) is 5.56 Å². The van der Waals surface area contributed by atoms with Crippen molar-refractivity contribution in [1.82, 2.24) is 10.7 Å². The zero-order valence-corrected chi connectivity index (χ0v) is 14.7. The first-order chi connectivity index (χ1) is 12.6. The molecular weight excluding hydrogens is 334 g/mol. The summed E-state index contributed by atoms with van der Waals surface area (Å²) in [6.07, 6.45) is 1.48. The van der Waals surface area contributed by atoms with Gasteiger partial charge in [0.05, 0.1) is 26.5 Å². The normalized spacial score (nSPS) is 10.4. The number of hydrogen-bond donors (Lipinski definition) is 2. The number of rotatable bonds is 8. The number of ether oxygens (including phenoxy) is 2. The highest BCUT2D eigenvalue weighted by Crippen LogP contribution is 2.14. The lowest BCUT2D eigenvalue weighted by atomic mass is 10.2. The second-order valence-electron chi connectivity index (χ2n) is 5.18. The standard InChI is InChI=1S/C19H21N3O4/c1-3-26-16-10-8-14(9-11-16)19(24)20-13-18(23)22-21-12-15-6-4-5-7-17(15)25-2/h4-12H,3,13H2,1-2H3,(H,20,24)(H,22,23)/b21-12-. The third-order valence-corrected chi connectivity index (χ3v) is 3.37. The van der Waals surface area contributed by atoms with Crippen LogP contribution >= 0.6 is 0 Å². The fourth-order valence-corrected chi connectivity index (χ4v) is 2.12. The number of amides is 2. The maximum Gasteiger partial charge on any atom is 0.259 e. The highest BCUT2D eigenvalue weighted by molar-refractivity contribution is 5.96. The minimum atomic E-state index is -0.435. The van der Waals surface area contributed by atoms with Gasteiger partial charge in [0.1, 0.15) is 11.5 Å². The SMILES string of the molecule is CCOc1ccc(C(=O)NCC(=O)N/N=C\c2ccccc2OC)cc1. The van der Waals surface area contributed by atoms with Gasteiger partial charge < -0.3 is 14.8 Å². The van der Waals surface area contributed by atoms with Crippen molar-refractivity contribution >= 4 is 18.0 Å². The van der Waals surface area contributed by atoms with E-state index in [1.54, 1.807) is 37.4 Å². The van der Waals surface area contributed by atoms with Gasteiger partial charge >= 0.3 is 0 Å². The molecule has 0 unspecified atom stereocenters. The summed E-state index contributed by atoms with van der Waals surface area (Å²) in [6, 6.07) is 14.0. The van der Waals surface area contributed by atoms with Crippen molar-refractivity contribution in [3.05, 3.63) is 59.7 Å². The highest BCUT2D eigenvalue weighted by Gasteiger charge is 2.08. The topological polar surface area (TPSA) is 89.0 Å². The maximum absolute atomic E-state index is 12.0. The summed E-state index contributed by atoms with van der Waals surface area (Å²) in [5.41, 5.74) is 3.53. The molecule has 0 saturated carbocycles. The van der Waals surface area contributed by atoms with Crippen molar-refractivity contribution in [2.45, 2.75) is 6.92 Å². The molecule has 0 saturated heterocycles. The third-order valence-electron chi connectivity index (χ3n) is 3.37. The molecule has 26 heavy (non-hydrogen) atoms. The Morgan fingerprint density at radius 1 is 1.12 bits per heavy atom. The summed E-state index contributed by atoms with van der Waals surface area (Å²) in [5.74, 6) is 0.550. The predicted molar refractivity (Wildman–Crippen MR) is 98.7 cm³/mol. The Bertz CT molecular complexity index is 773. The molecule has 7 nitrogen and oxygen atoms in total. The van der Waals surface area contributed by atoms with Crippen LogP contribution in [-0.2, 0) is 4.79 Å². The fourth-order valence-electron chi connectivity index (χ4n) is 2.12. The van der Waals surface area contributed by atoms with Crippen LogP contribution in [0.1, 0.15) is 22.8 Å². The summed E-state index contributed by atoms with van der Waals surface area (Å²) < 4.78 is 10.5. The van der Waals surface area contributed by atoms with Crippen LogP contribution in [0.4, 0.5) is 0 Å². The molecule has 7 heteroatoms. The van der Waals surface area contributed by atoms with Gasteiger partial charge in [-0.25, -0.2) is 5.43 Å². The molecule has 0 atom stereocenters. The van der Waals surface area contributed by atoms with E-state index in [2.05, 4.69) is 15.8 Å². The van der Waals surface area contributed by atoms with Crippen LogP contribution in [-0.4, -0.2) is 38.3 Å². The molecule has 2 aromatic rings. The molecule has 0 aliphatic rings. The molecule has 2 N–H and O–H groups in total. The van der Waals surface area contributed by atoms with Gasteiger partial charge in [0.2, 0.25) is 0 Å². The molecule has 2 aromatic carbocycles. The summed E-state index contributed by atoms with van der Waals surface area (Å²) in [6.45, 7) is 2.26. The summed E-state index contributed by atoms with van der Waals surface area (Å²) >= 11 is 0. The monoisotopic (exact) mass is 355 g/mol. The van der Waals surface area contributed by atoms with Crippen LogP contribution in [0.3, 0.4) is 0 Å². The second kappa shape index (κ2) is 9.83. The first-order valence-corrected chi connectivity index (χ1v) is 8.10. The van der Waals surface area contributed by atoms with Crippen LogP contribution in [0.15, 0.2) is 53.6 Å². The van der Waals surface area contributed by atoms with Crippen LogP contribution in [0.25, 0.3) is 0 Å². The lowest BCUT2D eigenvalue weighted by Crippen LogP contribution is -2.34. The number of carbonyl (C=O) groups excluding carboxylic acids is 2. The lowest BCUT2D eigenvalue weighted by molar-refractivity contribution is -0.120. The van der Waals surface area contributed by atoms with Crippen molar-refractivity contribution < 1.29 is 19.1 Å². The van der Waals surface area contributed by atoms with E-state index >= 15 is 0 Å². The summed E-state index contributed by atoms with van der Waals surface area (Å²) in [5, 5.41) is 6.39. The van der Waals surface area contributed by atoms with Crippen LogP contribution < -0.4 is 20.2 Å². The number of nitrogens with zero attached hydrogens (tertiary/aromatic N) is 1. The molecule has 0 radical (unpaired) electrons. The summed E-state index contributed by atoms with van der Waals surface area (Å²) in [4.78, 5) is 23.8. The minimum absolute atomic E-state index is 0.185. The van der Waals surface area contributed by atoms with Gasteiger partial charge in [-0.2, -0.15) is 5.10 Å². The Kier molecular flexibility index (Phi) is 7.17. The zero-order valence-electron chi connectivity index (χ0n) is 14.7. The number of carbonyl (C=O) groups is 2. The smallest absolute Gasteiger partial charge is 0.259 e. The predicted octanol–water partition coefficient (Wildman–Crippen LogP) is 1.97. The minimum Gasteiger partial charge on any atom is -0.496 e. The van der Waals surface area contributed by atoms with Crippen molar-refractivity contribution in [2.24, 2.45) is 5.10 Å². The number of methoxy groups -OCH3 is 1. The Morgan fingerprint density at radius 3 is 2.54 bits per heavy atom. The van der Waals surface area contributed by atoms with Gasteiger partial charge in [-0.15, -0.1) is 0 Å². The number of para-hydroxylation sites is 1. The zero-order chi connectivity index (χ0) is 18.8. The Morgan fingerprint density at radius 2 is 1.85 bits per heavy atom. The number of hydrogen-bond acceptors (Lipinski definition) is 5. The molecule has 0 fully saturated rings. The number of nitrogens with one attached hydrogen (secondary N) is 2. The third kappa shape index (κ3) is 5.62. The van der Waals surface area contributed by atoms with Gasteiger partial charge in [0, 0.05) is 11.1 Å². The molecule has 2 amide bonds. The highest BCUT2D eigenvalue weighted by atomic mass is 16.5. The Balaban J connectivity index is 1.80. The molecular formula is C19H21N3O4. The number of hydrazone groups is 1. The van der Waals surface area contributed by atoms with Crippen LogP contribution in [0.5, 0.6) is 11.5 Å². The van der Waals surface area contributed by atoms with E-state index in [1.165, 1.54) is 6.21 Å². The average molecular weight is 355 g/mol. The van der Waals surface area contributed by atoms with E-state index < -0.39 is 5.91 Å². The van der Waals surface area contributed by atoms with Crippen LogP contribution in [0.2, 0.25) is 0 Å². The van der Waals surface area contributed by atoms with Crippen LogP contribution in [0, 0.1) is 0 Å². The van der Waals surface area contributed by atoms with E-state index in [-0.39, 0.29) is 12.5 Å². The Hall–Kier alpha value is -3.35. The van der Waals surface area contributed by atoms with Gasteiger partial charge in [-0.05, 0) is 43.3 Å². The molecule has 0 heterocycles. The van der Waals surface area contributed by atoms with Gasteiger partial charge in [-0.1, -0.05) is 12.1 Å². The van der Waals surface area contributed by atoms with Gasteiger partial charge in [-0.3, -0.25) is 9.59 Å². The first-order valence-electron chi connectivity index (χ1n) is 8.10. The number of benzene rings is 2. The molecule has 0 bridgehead atoms. The molecule has 0 aliphatic heterocycles. The fraction of sp³-hybridized carbons (Fsp3) is 0.211. The molecule has 136 valence electrons. The maximum atomic E-state index is 12.0. The van der Waals surface area contributed by atoms with E-state index in [1.807, 2.05) is 25.1 Å². The Labute approximate surface area is 152 Å². The molecule has 2 rings (SSSR count). The molecule has 0 aliphatic carbocycles. The molecule has 0 spiro atoms. The van der Waals surface area contributed by atoms with Crippen molar-refractivity contribution in [2.75, 3.05) is 20.3 Å². The van der Waals surface area contributed by atoms with E-state index in [4.69, 9.17) is 9.47 Å². The first kappa shape index (κ1) is 19.0. The quantitative estimate of drug-likeness (QED) is 0.560. The largest absolute Gasteiger partial charge is 0.496 e. The van der Waals surface area contributed by atoms with E-state index in [9.17, 15) is 9.59 Å². The molecule has 0 aromatic heterocycles. The lowest BCUT2D eigenvalue weighted by Gasteiger charge is -2.06. The van der Waals surface area contributed by atoms with Crippen molar-refractivity contribution in [1.29, 1.82) is 0 Å². The summed E-state index contributed by atoms with van der Waals surface area (Å²) in [7, 11) is 1.56. The van der Waals surface area contributed by atoms with Crippen molar-refractivity contribution in [3.63, 3.8) is 0 Å². The average Bonchev–Trinajstić information content (AvgIpc) is 2.67. The van der Waals surface area contributed by atoms with E-state index in [0.29, 0.717) is 23.7 Å². The van der Waals surface area contributed by atoms with Gasteiger partial charge in [0.25, 0.3) is 11.8 Å².